The van der Waals surface area contributed by atoms with Crippen LogP contribution < -0.4 is 0 Å². The van der Waals surface area contributed by atoms with Crippen LogP contribution in [0.3, 0.4) is 0 Å². The highest BCUT2D eigenvalue weighted by Gasteiger charge is 2.09. The molecule has 0 radical (unpaired) electrons. The van der Waals surface area contributed by atoms with Crippen LogP contribution in [-0.4, -0.2) is 9.48 Å². The molecule has 0 unspecified atom stereocenters. The van der Waals surface area contributed by atoms with Crippen LogP contribution in [0.5, 0.6) is 5.75 Å². The lowest BCUT2D eigenvalue weighted by molar-refractivity contribution is 0.469. The SMILES string of the molecule is Oc1c(Br)cc2sncc2c1Br. The van der Waals surface area contributed by atoms with Gasteiger partial charge in [-0.2, -0.15) is 4.37 Å². The summed E-state index contributed by atoms with van der Waals surface area (Å²) in [4.78, 5) is 0. The van der Waals surface area contributed by atoms with E-state index < -0.39 is 0 Å². The third-order valence-corrected chi connectivity index (χ3v) is 3.68. The molecule has 2 nitrogen and oxygen atoms in total. The minimum Gasteiger partial charge on any atom is -0.506 e. The average molecular weight is 309 g/mol. The van der Waals surface area contributed by atoms with Crippen molar-refractivity contribution in [3.8, 4) is 5.75 Å². The minimum absolute atomic E-state index is 0.225. The molecule has 0 aliphatic carbocycles. The van der Waals surface area contributed by atoms with Crippen molar-refractivity contribution >= 4 is 53.5 Å². The number of aromatic nitrogens is 1. The van der Waals surface area contributed by atoms with Crippen LogP contribution in [0.1, 0.15) is 0 Å². The molecule has 2 aromatic rings. The maximum Gasteiger partial charge on any atom is 0.144 e. The number of phenols is 1. The largest absolute Gasteiger partial charge is 0.506 e. The van der Waals surface area contributed by atoms with Crippen molar-refractivity contribution in [3.63, 3.8) is 0 Å². The molecule has 2 rings (SSSR count). The summed E-state index contributed by atoms with van der Waals surface area (Å²) in [5.41, 5.74) is 0. The number of aromatic hydroxyl groups is 1. The highest BCUT2D eigenvalue weighted by atomic mass is 79.9. The predicted octanol–water partition coefficient (Wildman–Crippen LogP) is 3.53. The van der Waals surface area contributed by atoms with Crippen LogP contribution in [-0.2, 0) is 0 Å². The Morgan fingerprint density at radius 3 is 2.92 bits per heavy atom. The number of halogens is 2. The first kappa shape index (κ1) is 8.47. The molecule has 0 fully saturated rings. The molecule has 62 valence electrons. The Morgan fingerprint density at radius 2 is 2.17 bits per heavy atom. The lowest BCUT2D eigenvalue weighted by atomic mass is 10.3. The minimum atomic E-state index is 0.225. The first-order valence-corrected chi connectivity index (χ1v) is 5.47. The zero-order valence-electron chi connectivity index (χ0n) is 5.71. The van der Waals surface area contributed by atoms with E-state index in [1.54, 1.807) is 6.20 Å². The molecular formula is C7H3Br2NOS. The van der Waals surface area contributed by atoms with Gasteiger partial charge < -0.3 is 5.11 Å². The highest BCUT2D eigenvalue weighted by Crippen LogP contribution is 2.39. The van der Waals surface area contributed by atoms with Crippen molar-refractivity contribution < 1.29 is 5.11 Å². The molecule has 1 N–H and O–H groups in total. The zero-order chi connectivity index (χ0) is 8.72. The van der Waals surface area contributed by atoms with Crippen LogP contribution in [0.2, 0.25) is 0 Å². The monoisotopic (exact) mass is 307 g/mol. The molecule has 0 amide bonds. The fraction of sp³-hybridized carbons (Fsp3) is 0. The number of fused-ring (bicyclic) bond motifs is 1. The quantitative estimate of drug-likeness (QED) is 0.807. The number of benzene rings is 1. The Hall–Kier alpha value is -0.130. The smallest absolute Gasteiger partial charge is 0.144 e. The fourth-order valence-corrected chi connectivity index (χ4v) is 3.13. The van der Waals surface area contributed by atoms with Crippen molar-refractivity contribution in [2.24, 2.45) is 0 Å². The number of nitrogens with zero attached hydrogens (tertiary/aromatic N) is 1. The molecule has 1 heterocycles. The van der Waals surface area contributed by atoms with Crippen molar-refractivity contribution in [2.45, 2.75) is 0 Å². The standard InChI is InChI=1S/C7H3Br2NOS/c8-4-1-5-3(2-10-12-5)6(9)7(4)11/h1-2,11H. The first-order valence-electron chi connectivity index (χ1n) is 3.11. The number of hydrogen-bond acceptors (Lipinski definition) is 3. The molecule has 0 spiro atoms. The van der Waals surface area contributed by atoms with Gasteiger partial charge in [-0.15, -0.1) is 0 Å². The van der Waals surface area contributed by atoms with Crippen LogP contribution in [0.4, 0.5) is 0 Å². The Balaban J connectivity index is 2.94. The summed E-state index contributed by atoms with van der Waals surface area (Å²) in [7, 11) is 0. The van der Waals surface area contributed by atoms with Crippen molar-refractivity contribution in [2.75, 3.05) is 0 Å². The molecule has 0 atom stereocenters. The molecule has 5 heteroatoms. The second kappa shape index (κ2) is 2.97. The van der Waals surface area contributed by atoms with Crippen LogP contribution in [0, 0.1) is 0 Å². The van der Waals surface area contributed by atoms with Gasteiger partial charge in [-0.1, -0.05) is 0 Å². The van der Waals surface area contributed by atoms with Crippen LogP contribution in [0.25, 0.3) is 10.1 Å². The zero-order valence-corrected chi connectivity index (χ0v) is 9.70. The highest BCUT2D eigenvalue weighted by molar-refractivity contribution is 9.11. The van der Waals surface area contributed by atoms with Gasteiger partial charge in [0.2, 0.25) is 0 Å². The lowest BCUT2D eigenvalue weighted by Gasteiger charge is -1.99. The number of rotatable bonds is 0. The van der Waals surface area contributed by atoms with Gasteiger partial charge in [-0.05, 0) is 49.5 Å². The summed E-state index contributed by atoms with van der Waals surface area (Å²) < 4.78 is 6.45. The Kier molecular flexibility index (Phi) is 2.10. The van der Waals surface area contributed by atoms with Gasteiger partial charge in [0, 0.05) is 11.6 Å². The van der Waals surface area contributed by atoms with Crippen molar-refractivity contribution in [1.29, 1.82) is 0 Å². The van der Waals surface area contributed by atoms with Gasteiger partial charge >= 0.3 is 0 Å². The summed E-state index contributed by atoms with van der Waals surface area (Å²) in [5, 5.41) is 10.5. The molecule has 1 aromatic carbocycles. The Morgan fingerprint density at radius 1 is 1.42 bits per heavy atom. The number of hydrogen-bond donors (Lipinski definition) is 1. The summed E-state index contributed by atoms with van der Waals surface area (Å²) >= 11 is 7.95. The van der Waals surface area contributed by atoms with E-state index >= 15 is 0 Å². The molecule has 12 heavy (non-hydrogen) atoms. The maximum atomic E-state index is 9.51. The second-order valence-corrected chi connectivity index (χ2v) is 4.74. The topological polar surface area (TPSA) is 33.1 Å². The second-order valence-electron chi connectivity index (χ2n) is 2.26. The summed E-state index contributed by atoms with van der Waals surface area (Å²) in [6, 6.07) is 1.85. The molecule has 1 aromatic heterocycles. The van der Waals surface area contributed by atoms with Crippen LogP contribution >= 0.6 is 43.4 Å². The van der Waals surface area contributed by atoms with Crippen LogP contribution in [0.15, 0.2) is 21.2 Å². The lowest BCUT2D eigenvalue weighted by Crippen LogP contribution is -1.72. The van der Waals surface area contributed by atoms with Crippen molar-refractivity contribution in [1.82, 2.24) is 4.37 Å². The molecule has 0 aliphatic rings. The van der Waals surface area contributed by atoms with Gasteiger partial charge in [0.15, 0.2) is 0 Å². The summed E-state index contributed by atoms with van der Waals surface area (Å²) in [5.74, 6) is 0.225. The van der Waals surface area contributed by atoms with E-state index in [0.717, 1.165) is 10.1 Å². The molecule has 0 bridgehead atoms. The van der Waals surface area contributed by atoms with E-state index in [0.29, 0.717) is 8.95 Å². The third kappa shape index (κ3) is 1.16. The average Bonchev–Trinajstić information content (AvgIpc) is 2.48. The third-order valence-electron chi connectivity index (χ3n) is 1.53. The van der Waals surface area contributed by atoms with E-state index in [4.69, 9.17) is 0 Å². The van der Waals surface area contributed by atoms with E-state index in [1.807, 2.05) is 6.07 Å². The van der Waals surface area contributed by atoms with Gasteiger partial charge in [-0.25, -0.2) is 0 Å². The Bertz CT molecular complexity index is 440. The van der Waals surface area contributed by atoms with E-state index in [9.17, 15) is 5.11 Å². The molecule has 0 aliphatic heterocycles. The maximum absolute atomic E-state index is 9.51. The molecule has 0 saturated heterocycles. The van der Waals surface area contributed by atoms with E-state index in [1.165, 1.54) is 11.5 Å². The van der Waals surface area contributed by atoms with E-state index in [2.05, 4.69) is 36.2 Å². The predicted molar refractivity (Wildman–Crippen MR) is 56.7 cm³/mol. The Labute approximate surface area is 89.6 Å². The summed E-state index contributed by atoms with van der Waals surface area (Å²) in [6.07, 6.45) is 1.73. The molecular weight excluding hydrogens is 306 g/mol. The van der Waals surface area contributed by atoms with E-state index in [-0.39, 0.29) is 5.75 Å². The van der Waals surface area contributed by atoms with Gasteiger partial charge in [0.25, 0.3) is 0 Å². The van der Waals surface area contributed by atoms with Gasteiger partial charge in [-0.3, -0.25) is 0 Å². The van der Waals surface area contributed by atoms with Crippen molar-refractivity contribution in [3.05, 3.63) is 21.2 Å². The molecule has 0 saturated carbocycles. The summed E-state index contributed by atoms with van der Waals surface area (Å²) in [6.45, 7) is 0. The van der Waals surface area contributed by atoms with Gasteiger partial charge in [0.05, 0.1) is 13.6 Å². The van der Waals surface area contributed by atoms with Gasteiger partial charge in [0.1, 0.15) is 5.75 Å². The fourth-order valence-electron chi connectivity index (χ4n) is 0.933. The first-order chi connectivity index (χ1) is 5.70. The number of phenolic OH excluding ortho intramolecular Hbond substituents is 1. The normalized spacial score (nSPS) is 10.8.